The number of pyridine rings is 1. The van der Waals surface area contributed by atoms with Gasteiger partial charge < -0.3 is 14.1 Å². The summed E-state index contributed by atoms with van der Waals surface area (Å²) in [6.45, 7) is 3.77. The first-order valence-corrected chi connectivity index (χ1v) is 11.5. The lowest BCUT2D eigenvalue weighted by Gasteiger charge is -2.21. The van der Waals surface area contributed by atoms with Crippen molar-refractivity contribution in [3.8, 4) is 5.75 Å². The first kappa shape index (κ1) is 21.9. The largest absolute Gasteiger partial charge is 0.497 e. The molecule has 2 aromatic carbocycles. The molecule has 0 saturated carbocycles. The molecule has 0 amide bonds. The van der Waals surface area contributed by atoms with E-state index >= 15 is 0 Å². The lowest BCUT2D eigenvalue weighted by molar-refractivity contribution is 0.357. The molecule has 4 rings (SSSR count). The second kappa shape index (κ2) is 8.64. The van der Waals surface area contributed by atoms with Crippen LogP contribution in [0.1, 0.15) is 22.5 Å². The monoisotopic (exact) mass is 452 g/mol. The van der Waals surface area contributed by atoms with Gasteiger partial charge in [-0.05, 0) is 67.4 Å². The van der Waals surface area contributed by atoms with E-state index in [1.807, 2.05) is 26.0 Å². The number of nitrogens with one attached hydrogen (secondary N) is 1. The fraction of sp³-hybridized carbons (Fsp3) is 0.208. The number of hydrogen-bond donors (Lipinski definition) is 1. The van der Waals surface area contributed by atoms with Crippen molar-refractivity contribution in [1.29, 1.82) is 0 Å². The molecule has 2 heterocycles. The van der Waals surface area contributed by atoms with Crippen molar-refractivity contribution in [2.75, 3.05) is 7.11 Å². The number of methoxy groups -OCH3 is 1. The highest BCUT2D eigenvalue weighted by Gasteiger charge is 2.27. The molecule has 2 aromatic heterocycles. The smallest absolute Gasteiger partial charge is 0.252 e. The Bertz CT molecular complexity index is 1410. The summed E-state index contributed by atoms with van der Waals surface area (Å²) in [7, 11) is -2.41. The van der Waals surface area contributed by atoms with E-state index in [0.717, 1.165) is 22.0 Å². The number of rotatable bonds is 7. The minimum absolute atomic E-state index is 0.00829. The predicted molar refractivity (Wildman–Crippen MR) is 122 cm³/mol. The van der Waals surface area contributed by atoms with E-state index in [1.54, 1.807) is 30.3 Å². The van der Waals surface area contributed by atoms with Crippen molar-refractivity contribution >= 4 is 20.9 Å². The minimum atomic E-state index is -3.92. The number of aryl methyl sites for hydroxylation is 2. The number of H-pyrrole nitrogens is 1. The maximum Gasteiger partial charge on any atom is 0.252 e. The van der Waals surface area contributed by atoms with Gasteiger partial charge in [-0.15, -0.1) is 0 Å². The van der Waals surface area contributed by atoms with Crippen LogP contribution >= 0.6 is 0 Å². The summed E-state index contributed by atoms with van der Waals surface area (Å²) in [6.07, 6.45) is 1.49. The molecule has 0 aliphatic carbocycles. The van der Waals surface area contributed by atoms with Gasteiger partial charge in [0.2, 0.25) is 10.0 Å². The van der Waals surface area contributed by atoms with E-state index < -0.39 is 10.0 Å². The van der Waals surface area contributed by atoms with Crippen molar-refractivity contribution in [3.63, 3.8) is 0 Å². The average Bonchev–Trinajstić information content (AvgIpc) is 3.30. The Morgan fingerprint density at radius 2 is 1.72 bits per heavy atom. The second-order valence-corrected chi connectivity index (χ2v) is 9.58. The Hall–Kier alpha value is -3.36. The van der Waals surface area contributed by atoms with Gasteiger partial charge in [0.15, 0.2) is 0 Å². The summed E-state index contributed by atoms with van der Waals surface area (Å²) < 4.78 is 38.7. The van der Waals surface area contributed by atoms with E-state index in [1.165, 1.54) is 29.8 Å². The number of aromatic amines is 1. The first-order valence-electron chi connectivity index (χ1n) is 10.1. The van der Waals surface area contributed by atoms with Crippen LogP contribution in [0, 0.1) is 13.8 Å². The lowest BCUT2D eigenvalue weighted by atomic mass is 10.0. The highest BCUT2D eigenvalue weighted by atomic mass is 32.2. The number of fused-ring (bicyclic) bond motifs is 1. The number of nitrogens with zero attached hydrogens (tertiary/aromatic N) is 1. The van der Waals surface area contributed by atoms with Crippen molar-refractivity contribution in [2.45, 2.75) is 31.8 Å². The van der Waals surface area contributed by atoms with Crippen LogP contribution in [-0.2, 0) is 23.1 Å². The van der Waals surface area contributed by atoms with Gasteiger partial charge in [-0.3, -0.25) is 4.79 Å². The molecule has 0 saturated heterocycles. The summed E-state index contributed by atoms with van der Waals surface area (Å²) in [5.41, 5.74) is 2.75. The standard InChI is InChI=1S/C24H24N2O5S/c1-16-6-7-17(2)23-22(16)13-18(24(27)25-23)14-26(15-20-5-4-12-31-20)32(28,29)21-10-8-19(30-3)9-11-21/h4-13H,14-15H2,1-3H3,(H,25,27). The fourth-order valence-corrected chi connectivity index (χ4v) is 5.01. The molecule has 0 aliphatic heterocycles. The molecule has 1 N–H and O–H groups in total. The number of sulfonamides is 1. The molecule has 0 unspecified atom stereocenters. The van der Waals surface area contributed by atoms with E-state index in [0.29, 0.717) is 17.1 Å². The zero-order valence-electron chi connectivity index (χ0n) is 18.1. The van der Waals surface area contributed by atoms with Gasteiger partial charge >= 0.3 is 0 Å². The molecular formula is C24H24N2O5S. The third-order valence-corrected chi connectivity index (χ3v) is 7.28. The maximum atomic E-state index is 13.5. The Labute approximate surface area is 186 Å². The molecular weight excluding hydrogens is 428 g/mol. The van der Waals surface area contributed by atoms with Gasteiger partial charge in [0, 0.05) is 17.5 Å². The first-order chi connectivity index (χ1) is 15.3. The Balaban J connectivity index is 1.78. The summed E-state index contributed by atoms with van der Waals surface area (Å²) in [4.78, 5) is 15.9. The summed E-state index contributed by atoms with van der Waals surface area (Å²) in [5.74, 6) is 1.03. The van der Waals surface area contributed by atoms with Gasteiger partial charge in [0.05, 0.1) is 30.3 Å². The van der Waals surface area contributed by atoms with Crippen LogP contribution in [0.3, 0.4) is 0 Å². The molecule has 0 spiro atoms. The zero-order valence-corrected chi connectivity index (χ0v) is 18.9. The normalized spacial score (nSPS) is 11.9. The number of ether oxygens (including phenoxy) is 1. The van der Waals surface area contributed by atoms with Crippen LogP contribution in [-0.4, -0.2) is 24.8 Å². The number of hydrogen-bond acceptors (Lipinski definition) is 5. The molecule has 0 radical (unpaired) electrons. The Morgan fingerprint density at radius 3 is 2.38 bits per heavy atom. The molecule has 7 nitrogen and oxygen atoms in total. The number of furan rings is 1. The number of aromatic nitrogens is 1. The Kier molecular flexibility index (Phi) is 5.90. The van der Waals surface area contributed by atoms with E-state index in [-0.39, 0.29) is 23.5 Å². The van der Waals surface area contributed by atoms with E-state index in [2.05, 4.69) is 4.98 Å². The Morgan fingerprint density at radius 1 is 1.00 bits per heavy atom. The number of benzene rings is 2. The summed E-state index contributed by atoms with van der Waals surface area (Å²) >= 11 is 0. The molecule has 8 heteroatoms. The molecule has 0 fully saturated rings. The van der Waals surface area contributed by atoms with Crippen LogP contribution in [0.15, 0.2) is 75.0 Å². The second-order valence-electron chi connectivity index (χ2n) is 7.64. The molecule has 0 aliphatic rings. The average molecular weight is 453 g/mol. The summed E-state index contributed by atoms with van der Waals surface area (Å²) in [5, 5.41) is 0.888. The van der Waals surface area contributed by atoms with E-state index in [4.69, 9.17) is 9.15 Å². The van der Waals surface area contributed by atoms with Gasteiger partial charge in [0.1, 0.15) is 11.5 Å². The van der Waals surface area contributed by atoms with Crippen molar-refractivity contribution in [3.05, 3.63) is 93.7 Å². The zero-order chi connectivity index (χ0) is 22.9. The van der Waals surface area contributed by atoms with Crippen LogP contribution in [0.4, 0.5) is 0 Å². The van der Waals surface area contributed by atoms with E-state index in [9.17, 15) is 13.2 Å². The molecule has 0 bridgehead atoms. The maximum absolute atomic E-state index is 13.5. The topological polar surface area (TPSA) is 92.6 Å². The quantitative estimate of drug-likeness (QED) is 0.455. The van der Waals surface area contributed by atoms with Crippen LogP contribution in [0.5, 0.6) is 5.75 Å². The van der Waals surface area contributed by atoms with Gasteiger partial charge in [-0.1, -0.05) is 12.1 Å². The molecule has 0 atom stereocenters. The van der Waals surface area contributed by atoms with Crippen LogP contribution < -0.4 is 10.3 Å². The molecule has 4 aromatic rings. The predicted octanol–water partition coefficient (Wildman–Crippen LogP) is 4.14. The van der Waals surface area contributed by atoms with Crippen LogP contribution in [0.2, 0.25) is 0 Å². The van der Waals surface area contributed by atoms with Gasteiger partial charge in [0.25, 0.3) is 5.56 Å². The molecule has 166 valence electrons. The minimum Gasteiger partial charge on any atom is -0.497 e. The fourth-order valence-electron chi connectivity index (χ4n) is 3.62. The highest BCUT2D eigenvalue weighted by molar-refractivity contribution is 7.89. The lowest BCUT2D eigenvalue weighted by Crippen LogP contribution is -2.32. The van der Waals surface area contributed by atoms with Crippen molar-refractivity contribution in [1.82, 2.24) is 9.29 Å². The molecule has 32 heavy (non-hydrogen) atoms. The van der Waals surface area contributed by atoms with Crippen LogP contribution in [0.25, 0.3) is 10.9 Å². The van der Waals surface area contributed by atoms with Crippen molar-refractivity contribution in [2.24, 2.45) is 0 Å². The van der Waals surface area contributed by atoms with Gasteiger partial charge in [-0.2, -0.15) is 4.31 Å². The van der Waals surface area contributed by atoms with Crippen molar-refractivity contribution < 1.29 is 17.6 Å². The van der Waals surface area contributed by atoms with Gasteiger partial charge in [-0.25, -0.2) is 8.42 Å². The summed E-state index contributed by atoms with van der Waals surface area (Å²) in [6, 6.07) is 15.3. The third-order valence-electron chi connectivity index (χ3n) is 5.48. The SMILES string of the molecule is COc1ccc(S(=O)(=O)N(Cc2ccco2)Cc2cc3c(C)ccc(C)c3[nH]c2=O)cc1. The highest BCUT2D eigenvalue weighted by Crippen LogP contribution is 2.25. The third kappa shape index (κ3) is 4.19.